The van der Waals surface area contributed by atoms with Crippen molar-refractivity contribution in [2.45, 2.75) is 65.3 Å². The Balaban J connectivity index is 0.782. The highest BCUT2D eigenvalue weighted by Crippen LogP contribution is 2.29. The van der Waals surface area contributed by atoms with E-state index in [9.17, 15) is 14.4 Å². The zero-order chi connectivity index (χ0) is 42.7. The quantitative estimate of drug-likeness (QED) is 0.148. The summed E-state index contributed by atoms with van der Waals surface area (Å²) in [5.41, 5.74) is 6.25. The van der Waals surface area contributed by atoms with Gasteiger partial charge in [-0.25, -0.2) is 24.7 Å². The molecule has 0 saturated carbocycles. The lowest BCUT2D eigenvalue weighted by atomic mass is 9.95. The van der Waals surface area contributed by atoms with E-state index in [-0.39, 0.29) is 29.3 Å². The van der Waals surface area contributed by atoms with Gasteiger partial charge in [-0.15, -0.1) is 0 Å². The fourth-order valence-electron chi connectivity index (χ4n) is 8.11. The van der Waals surface area contributed by atoms with Gasteiger partial charge in [0.1, 0.15) is 12.1 Å². The third-order valence-corrected chi connectivity index (χ3v) is 11.7. The molecule has 3 aromatic heterocycles. The van der Waals surface area contributed by atoms with Crippen molar-refractivity contribution in [3.63, 3.8) is 0 Å². The fourth-order valence-corrected chi connectivity index (χ4v) is 8.11. The van der Waals surface area contributed by atoms with Crippen LogP contribution >= 0.6 is 0 Å². The molecule has 61 heavy (non-hydrogen) atoms. The van der Waals surface area contributed by atoms with E-state index in [1.54, 1.807) is 4.90 Å². The monoisotopic (exact) mass is 827 g/mol. The van der Waals surface area contributed by atoms with Crippen LogP contribution in [0.4, 0.5) is 33.6 Å². The predicted octanol–water partition coefficient (Wildman–Crippen LogP) is 5.64. The number of amides is 4. The number of hydrogen-bond donors (Lipinski definition) is 3. The third kappa shape index (κ3) is 9.78. The molecule has 2 aromatic carbocycles. The number of rotatable bonds is 11. The van der Waals surface area contributed by atoms with Crippen molar-refractivity contribution >= 4 is 46.7 Å². The van der Waals surface area contributed by atoms with Crippen LogP contribution in [0.25, 0.3) is 11.3 Å². The number of carbonyl (C=O) groups is 3. The molecule has 0 radical (unpaired) electrons. The Morgan fingerprint density at radius 3 is 2.25 bits per heavy atom. The van der Waals surface area contributed by atoms with Crippen LogP contribution in [0.5, 0.6) is 0 Å². The van der Waals surface area contributed by atoms with E-state index in [4.69, 9.17) is 4.52 Å². The van der Waals surface area contributed by atoms with Crippen LogP contribution in [0.2, 0.25) is 0 Å². The summed E-state index contributed by atoms with van der Waals surface area (Å²) in [4.78, 5) is 68.0. The first-order chi connectivity index (χ1) is 29.4. The number of aromatic nitrogens is 6. The second-order valence-corrected chi connectivity index (χ2v) is 17.1. The standard InChI is InChI=1S/C44H53N13O4/c1-28-22-31(6-11-35(28)29(2)49-39(59)40-52-41(53-61-40)44(3,4)5)36-23-37(48-27-47-36)50-42-45-24-34(25-46-42)56-20-18-54(19-21-56)26-30-12-15-55(16-13-30)32-7-9-33(10-8-32)57-17-14-38(58)51-43(57)60/h6-11,22-25,27,29-30H,12-21,26H2,1-5H3,(H,49,59)(H,51,58,60)(H,45,46,47,48,50)/t29-/m1/s1. The summed E-state index contributed by atoms with van der Waals surface area (Å²) in [5, 5.41) is 12.5. The SMILES string of the molecule is Cc1cc(-c2cc(Nc3ncc(N4CCN(CC5CCN(c6ccc(N7CCC(=O)NC7=O)cc6)CC5)CC4)cn3)ncn2)ccc1[C@@H](C)NC(=O)c1nc(C(C)(C)C)no1. The van der Waals surface area contributed by atoms with Gasteiger partial charge in [0, 0.05) is 87.2 Å². The van der Waals surface area contributed by atoms with E-state index in [0.29, 0.717) is 36.5 Å². The maximum absolute atomic E-state index is 12.9. The predicted molar refractivity (Wildman–Crippen MR) is 232 cm³/mol. The average Bonchev–Trinajstić information content (AvgIpc) is 3.77. The molecule has 0 spiro atoms. The molecule has 5 aromatic rings. The van der Waals surface area contributed by atoms with E-state index in [1.807, 2.05) is 83.4 Å². The van der Waals surface area contributed by atoms with Gasteiger partial charge in [0.2, 0.25) is 11.9 Å². The minimum atomic E-state index is -0.419. The topological polar surface area (TPSA) is 191 Å². The van der Waals surface area contributed by atoms with Gasteiger partial charge in [0.05, 0.1) is 29.8 Å². The Morgan fingerprint density at radius 2 is 1.57 bits per heavy atom. The molecule has 1 atom stereocenters. The second kappa shape index (κ2) is 17.6. The number of imide groups is 1. The molecule has 0 bridgehead atoms. The molecule has 3 saturated heterocycles. The first-order valence-corrected chi connectivity index (χ1v) is 21.0. The summed E-state index contributed by atoms with van der Waals surface area (Å²) in [6.07, 6.45) is 7.84. The maximum Gasteiger partial charge on any atom is 0.328 e. The van der Waals surface area contributed by atoms with Crippen LogP contribution in [-0.2, 0) is 10.2 Å². The van der Waals surface area contributed by atoms with Crippen molar-refractivity contribution in [1.29, 1.82) is 0 Å². The van der Waals surface area contributed by atoms with Gasteiger partial charge in [-0.3, -0.25) is 24.7 Å². The average molecular weight is 828 g/mol. The van der Waals surface area contributed by atoms with Crippen LogP contribution in [-0.4, -0.2) is 105 Å². The molecule has 8 rings (SSSR count). The van der Waals surface area contributed by atoms with Crippen LogP contribution < -0.4 is 30.7 Å². The second-order valence-electron chi connectivity index (χ2n) is 17.1. The molecule has 3 aliphatic heterocycles. The maximum atomic E-state index is 12.9. The first kappa shape index (κ1) is 41.3. The smallest absolute Gasteiger partial charge is 0.328 e. The summed E-state index contributed by atoms with van der Waals surface area (Å²) >= 11 is 0. The summed E-state index contributed by atoms with van der Waals surface area (Å²) < 4.78 is 5.22. The van der Waals surface area contributed by atoms with Gasteiger partial charge < -0.3 is 25.0 Å². The van der Waals surface area contributed by atoms with Crippen molar-refractivity contribution in [2.24, 2.45) is 5.92 Å². The van der Waals surface area contributed by atoms with Crippen molar-refractivity contribution in [2.75, 3.05) is 72.4 Å². The van der Waals surface area contributed by atoms with Gasteiger partial charge >= 0.3 is 17.8 Å². The van der Waals surface area contributed by atoms with E-state index >= 15 is 0 Å². The number of piperazine rings is 1. The molecule has 318 valence electrons. The Morgan fingerprint density at radius 1 is 0.869 bits per heavy atom. The first-order valence-electron chi connectivity index (χ1n) is 21.0. The highest BCUT2D eigenvalue weighted by Gasteiger charge is 2.28. The van der Waals surface area contributed by atoms with Gasteiger partial charge in [-0.1, -0.05) is 38.1 Å². The number of anilines is 5. The van der Waals surface area contributed by atoms with Gasteiger partial charge in [-0.2, -0.15) is 4.98 Å². The molecule has 6 heterocycles. The minimum absolute atomic E-state index is 0.0562. The van der Waals surface area contributed by atoms with Crippen LogP contribution in [0.1, 0.15) is 80.6 Å². The zero-order valence-electron chi connectivity index (χ0n) is 35.4. The number of hydrogen-bond acceptors (Lipinski definition) is 14. The molecule has 3 fully saturated rings. The highest BCUT2D eigenvalue weighted by molar-refractivity contribution is 6.05. The number of nitrogens with one attached hydrogen (secondary N) is 3. The number of carbonyl (C=O) groups excluding carboxylic acids is 3. The van der Waals surface area contributed by atoms with Gasteiger partial charge in [0.25, 0.3) is 0 Å². The molecule has 3 aliphatic rings. The van der Waals surface area contributed by atoms with E-state index in [2.05, 4.69) is 72.9 Å². The lowest BCUT2D eigenvalue weighted by Gasteiger charge is -2.40. The lowest BCUT2D eigenvalue weighted by molar-refractivity contribution is -0.120. The molecular formula is C44H53N13O4. The minimum Gasteiger partial charge on any atom is -0.372 e. The number of nitrogens with zero attached hydrogens (tertiary/aromatic N) is 10. The van der Waals surface area contributed by atoms with Gasteiger partial charge in [-0.05, 0) is 74.1 Å². The fraction of sp³-hybridized carbons (Fsp3) is 0.432. The van der Waals surface area contributed by atoms with Crippen molar-refractivity contribution < 1.29 is 18.9 Å². The van der Waals surface area contributed by atoms with Crippen molar-refractivity contribution in [3.05, 3.63) is 90.1 Å². The number of piperidine rings is 1. The van der Waals surface area contributed by atoms with Crippen molar-refractivity contribution in [1.82, 2.24) is 45.6 Å². The summed E-state index contributed by atoms with van der Waals surface area (Å²) in [5.74, 6) is 1.47. The highest BCUT2D eigenvalue weighted by atomic mass is 16.5. The van der Waals surface area contributed by atoms with E-state index < -0.39 is 5.91 Å². The molecule has 17 heteroatoms. The number of urea groups is 1. The molecule has 3 N–H and O–H groups in total. The van der Waals surface area contributed by atoms with Gasteiger partial charge in [0.15, 0.2) is 5.82 Å². The Bertz CT molecular complexity index is 2350. The summed E-state index contributed by atoms with van der Waals surface area (Å²) in [6.45, 7) is 17.2. The van der Waals surface area contributed by atoms with Crippen LogP contribution in [0.15, 0.2) is 71.8 Å². The third-order valence-electron chi connectivity index (χ3n) is 11.7. The molecule has 0 aliphatic carbocycles. The number of benzene rings is 2. The Hall–Kier alpha value is -6.49. The summed E-state index contributed by atoms with van der Waals surface area (Å²) in [7, 11) is 0. The molecular weight excluding hydrogens is 775 g/mol. The molecule has 4 amide bonds. The summed E-state index contributed by atoms with van der Waals surface area (Å²) in [6, 6.07) is 15.3. The van der Waals surface area contributed by atoms with Crippen molar-refractivity contribution in [3.8, 4) is 11.3 Å². The van der Waals surface area contributed by atoms with E-state index in [1.165, 1.54) is 12.0 Å². The molecule has 17 nitrogen and oxygen atoms in total. The van der Waals surface area contributed by atoms with Crippen LogP contribution in [0.3, 0.4) is 0 Å². The lowest BCUT2D eigenvalue weighted by Crippen LogP contribution is -2.49. The van der Waals surface area contributed by atoms with E-state index in [0.717, 1.165) is 92.4 Å². The normalized spacial score (nSPS) is 17.3. The molecule has 0 unspecified atom stereocenters. The van der Waals surface area contributed by atoms with Crippen LogP contribution in [0, 0.1) is 12.8 Å². The largest absolute Gasteiger partial charge is 0.372 e. The zero-order valence-corrected chi connectivity index (χ0v) is 35.4. The Labute approximate surface area is 355 Å². The Kier molecular flexibility index (Phi) is 11.9. The number of aryl methyl sites for hydroxylation is 1.